The van der Waals surface area contributed by atoms with Gasteiger partial charge in [-0.1, -0.05) is 18.6 Å². The van der Waals surface area contributed by atoms with Gasteiger partial charge in [-0.15, -0.1) is 0 Å². The normalized spacial score (nSPS) is 15.5. The summed E-state index contributed by atoms with van der Waals surface area (Å²) in [5, 5.41) is 2.98. The molecule has 86 valence electrons. The van der Waals surface area contributed by atoms with Gasteiger partial charge in [0.25, 0.3) is 0 Å². The number of hydrogen-bond acceptors (Lipinski definition) is 2. The van der Waals surface area contributed by atoms with Crippen molar-refractivity contribution in [2.45, 2.75) is 25.7 Å². The molecule has 0 radical (unpaired) electrons. The molecule has 2 rings (SSSR count). The van der Waals surface area contributed by atoms with Crippen LogP contribution in [-0.4, -0.2) is 12.5 Å². The summed E-state index contributed by atoms with van der Waals surface area (Å²) in [6.07, 6.45) is 4.30. The Kier molecular flexibility index (Phi) is 3.44. The summed E-state index contributed by atoms with van der Waals surface area (Å²) in [5.74, 6) is 0.826. The van der Waals surface area contributed by atoms with Crippen molar-refractivity contribution in [2.24, 2.45) is 5.92 Å². The highest BCUT2D eigenvalue weighted by Gasteiger charge is 2.17. The third-order valence-corrected chi connectivity index (χ3v) is 3.16. The average Bonchev–Trinajstić information content (AvgIpc) is 2.19. The first kappa shape index (κ1) is 11.0. The molecule has 1 aliphatic carbocycles. The molecule has 3 N–H and O–H groups in total. The van der Waals surface area contributed by atoms with Crippen LogP contribution in [0.4, 0.5) is 5.69 Å². The predicted molar refractivity (Wildman–Crippen MR) is 64.9 cm³/mol. The van der Waals surface area contributed by atoms with Crippen LogP contribution in [0.2, 0.25) is 0 Å². The van der Waals surface area contributed by atoms with Crippen molar-refractivity contribution in [2.75, 3.05) is 12.3 Å². The minimum Gasteiger partial charge on any atom is -0.399 e. The Balaban J connectivity index is 1.75. The molecule has 0 heterocycles. The summed E-state index contributed by atoms with van der Waals surface area (Å²) in [4.78, 5) is 11.6. The number of nitrogens with two attached hydrogens (primary N) is 1. The lowest BCUT2D eigenvalue weighted by molar-refractivity contribution is -0.120. The number of nitrogens with one attached hydrogen (secondary N) is 1. The van der Waals surface area contributed by atoms with Crippen molar-refractivity contribution in [1.82, 2.24) is 5.32 Å². The fourth-order valence-electron chi connectivity index (χ4n) is 1.84. The van der Waals surface area contributed by atoms with Crippen LogP contribution >= 0.6 is 0 Å². The molecular weight excluding hydrogens is 200 g/mol. The molecular formula is C13H18N2O. The van der Waals surface area contributed by atoms with Crippen molar-refractivity contribution in [3.05, 3.63) is 29.8 Å². The lowest BCUT2D eigenvalue weighted by Gasteiger charge is -2.25. The van der Waals surface area contributed by atoms with Gasteiger partial charge in [0.1, 0.15) is 0 Å². The SMILES string of the molecule is Nc1ccc(CC(=O)NCC2CCC2)cc1. The molecule has 0 aliphatic heterocycles. The monoisotopic (exact) mass is 218 g/mol. The van der Waals surface area contributed by atoms with E-state index >= 15 is 0 Å². The van der Waals surface area contributed by atoms with Gasteiger partial charge in [0.2, 0.25) is 5.91 Å². The molecule has 1 aromatic rings. The highest BCUT2D eigenvalue weighted by molar-refractivity contribution is 5.78. The minimum atomic E-state index is 0.108. The van der Waals surface area contributed by atoms with Crippen molar-refractivity contribution in [3.63, 3.8) is 0 Å². The quantitative estimate of drug-likeness (QED) is 0.756. The topological polar surface area (TPSA) is 55.1 Å². The maximum atomic E-state index is 11.6. The van der Waals surface area contributed by atoms with Gasteiger partial charge in [-0.25, -0.2) is 0 Å². The predicted octanol–water partition coefficient (Wildman–Crippen LogP) is 1.73. The summed E-state index contributed by atoms with van der Waals surface area (Å²) < 4.78 is 0. The highest BCUT2D eigenvalue weighted by atomic mass is 16.1. The van der Waals surface area contributed by atoms with E-state index in [1.807, 2.05) is 24.3 Å². The van der Waals surface area contributed by atoms with Gasteiger partial charge in [0, 0.05) is 12.2 Å². The van der Waals surface area contributed by atoms with Crippen molar-refractivity contribution >= 4 is 11.6 Å². The first-order valence-corrected chi connectivity index (χ1v) is 5.85. The van der Waals surface area contributed by atoms with Crippen molar-refractivity contribution < 1.29 is 4.79 Å². The Morgan fingerprint density at radius 3 is 2.56 bits per heavy atom. The fraction of sp³-hybridized carbons (Fsp3) is 0.462. The van der Waals surface area contributed by atoms with E-state index in [9.17, 15) is 4.79 Å². The number of anilines is 1. The molecule has 0 unspecified atom stereocenters. The van der Waals surface area contributed by atoms with Gasteiger partial charge in [-0.2, -0.15) is 0 Å². The maximum Gasteiger partial charge on any atom is 0.224 e. The smallest absolute Gasteiger partial charge is 0.224 e. The van der Waals surface area contributed by atoms with Gasteiger partial charge in [-0.05, 0) is 36.5 Å². The number of carbonyl (C=O) groups excluding carboxylic acids is 1. The second-order valence-corrected chi connectivity index (χ2v) is 4.52. The maximum absolute atomic E-state index is 11.6. The van der Waals surface area contributed by atoms with E-state index in [1.54, 1.807) is 0 Å². The molecule has 1 aliphatic rings. The zero-order valence-electron chi connectivity index (χ0n) is 9.41. The second-order valence-electron chi connectivity index (χ2n) is 4.52. The zero-order chi connectivity index (χ0) is 11.4. The Morgan fingerprint density at radius 2 is 2.00 bits per heavy atom. The van der Waals surface area contributed by atoms with Crippen LogP contribution in [0.15, 0.2) is 24.3 Å². The number of hydrogen-bond donors (Lipinski definition) is 2. The van der Waals surface area contributed by atoms with Crippen LogP contribution < -0.4 is 11.1 Å². The van der Waals surface area contributed by atoms with Crippen LogP contribution in [0.25, 0.3) is 0 Å². The Morgan fingerprint density at radius 1 is 1.31 bits per heavy atom. The van der Waals surface area contributed by atoms with E-state index < -0.39 is 0 Å². The van der Waals surface area contributed by atoms with Crippen molar-refractivity contribution in [1.29, 1.82) is 0 Å². The fourth-order valence-corrected chi connectivity index (χ4v) is 1.84. The molecule has 3 heteroatoms. The van der Waals surface area contributed by atoms with Gasteiger partial charge in [0.15, 0.2) is 0 Å². The third-order valence-electron chi connectivity index (χ3n) is 3.16. The summed E-state index contributed by atoms with van der Waals surface area (Å²) >= 11 is 0. The molecule has 1 saturated carbocycles. The van der Waals surface area contributed by atoms with Crippen LogP contribution in [-0.2, 0) is 11.2 Å². The lowest BCUT2D eigenvalue weighted by atomic mass is 9.85. The number of amides is 1. The summed E-state index contributed by atoms with van der Waals surface area (Å²) in [5.41, 5.74) is 7.33. The second kappa shape index (κ2) is 5.01. The molecule has 16 heavy (non-hydrogen) atoms. The van der Waals surface area contributed by atoms with E-state index in [1.165, 1.54) is 19.3 Å². The van der Waals surface area contributed by atoms with E-state index in [-0.39, 0.29) is 5.91 Å². The summed E-state index contributed by atoms with van der Waals surface area (Å²) in [6.45, 7) is 0.841. The Labute approximate surface area is 96.0 Å². The van der Waals surface area contributed by atoms with Gasteiger partial charge < -0.3 is 11.1 Å². The molecule has 1 fully saturated rings. The Bertz CT molecular complexity index is 355. The highest BCUT2D eigenvalue weighted by Crippen LogP contribution is 2.25. The van der Waals surface area contributed by atoms with E-state index in [2.05, 4.69) is 5.32 Å². The number of carbonyl (C=O) groups is 1. The first-order chi connectivity index (χ1) is 7.74. The lowest BCUT2D eigenvalue weighted by Crippen LogP contribution is -2.33. The molecule has 1 aromatic carbocycles. The third kappa shape index (κ3) is 2.99. The number of rotatable bonds is 4. The minimum absolute atomic E-state index is 0.108. The molecule has 1 amide bonds. The summed E-state index contributed by atoms with van der Waals surface area (Å²) in [6, 6.07) is 7.46. The standard InChI is InChI=1S/C13H18N2O/c14-12-6-4-10(5-7-12)8-13(16)15-9-11-2-1-3-11/h4-7,11H,1-3,8-9,14H2,(H,15,16). The van der Waals surface area contributed by atoms with Gasteiger partial charge in [0.05, 0.1) is 6.42 Å². The average molecular weight is 218 g/mol. The van der Waals surface area contributed by atoms with Gasteiger partial charge >= 0.3 is 0 Å². The summed E-state index contributed by atoms with van der Waals surface area (Å²) in [7, 11) is 0. The number of nitrogen functional groups attached to an aromatic ring is 1. The van der Waals surface area contributed by atoms with E-state index in [4.69, 9.17) is 5.73 Å². The van der Waals surface area contributed by atoms with Crippen LogP contribution in [0.1, 0.15) is 24.8 Å². The molecule has 0 atom stereocenters. The largest absolute Gasteiger partial charge is 0.399 e. The van der Waals surface area contributed by atoms with E-state index in [0.29, 0.717) is 6.42 Å². The Hall–Kier alpha value is -1.51. The van der Waals surface area contributed by atoms with Crippen LogP contribution in [0.5, 0.6) is 0 Å². The molecule has 3 nitrogen and oxygen atoms in total. The molecule has 0 saturated heterocycles. The first-order valence-electron chi connectivity index (χ1n) is 5.85. The van der Waals surface area contributed by atoms with Crippen LogP contribution in [0.3, 0.4) is 0 Å². The molecule has 0 bridgehead atoms. The van der Waals surface area contributed by atoms with Gasteiger partial charge in [-0.3, -0.25) is 4.79 Å². The van der Waals surface area contributed by atoms with Crippen LogP contribution in [0, 0.1) is 5.92 Å². The zero-order valence-corrected chi connectivity index (χ0v) is 9.41. The number of benzene rings is 1. The molecule has 0 aromatic heterocycles. The molecule has 0 spiro atoms. The van der Waals surface area contributed by atoms with Crippen molar-refractivity contribution in [3.8, 4) is 0 Å². The van der Waals surface area contributed by atoms with E-state index in [0.717, 1.165) is 23.7 Å².